The third-order valence-electron chi connectivity index (χ3n) is 4.08. The number of halogens is 1. The number of benzene rings is 2. The quantitative estimate of drug-likeness (QED) is 0.912. The molecule has 4 heteroatoms. The molecule has 22 heavy (non-hydrogen) atoms. The summed E-state index contributed by atoms with van der Waals surface area (Å²) in [5, 5.41) is 12.8. The molecule has 2 N–H and O–H groups in total. The third kappa shape index (κ3) is 3.02. The molecule has 1 aliphatic carbocycles. The van der Waals surface area contributed by atoms with Crippen molar-refractivity contribution in [2.24, 2.45) is 0 Å². The van der Waals surface area contributed by atoms with Gasteiger partial charge in [-0.15, -0.1) is 0 Å². The molecule has 0 aromatic heterocycles. The zero-order valence-electron chi connectivity index (χ0n) is 12.2. The molecule has 0 spiro atoms. The number of aryl methyl sites for hydroxylation is 1. The third-order valence-corrected chi connectivity index (χ3v) is 4.08. The molecule has 2 aromatic rings. The first-order valence-corrected chi connectivity index (χ1v) is 7.47. The van der Waals surface area contributed by atoms with Gasteiger partial charge in [0.05, 0.1) is 6.10 Å². The van der Waals surface area contributed by atoms with Gasteiger partial charge in [-0.25, -0.2) is 4.39 Å². The summed E-state index contributed by atoms with van der Waals surface area (Å²) in [5.74, 6) is -0.585. The molecule has 0 saturated carbocycles. The van der Waals surface area contributed by atoms with E-state index in [-0.39, 0.29) is 12.5 Å². The monoisotopic (exact) mass is 299 g/mol. The molecule has 1 atom stereocenters. The molecule has 3 rings (SSSR count). The minimum atomic E-state index is -0.920. The number of fused-ring (bicyclic) bond motifs is 1. The van der Waals surface area contributed by atoms with E-state index < -0.39 is 11.9 Å². The smallest absolute Gasteiger partial charge is 0.251 e. The maximum atomic E-state index is 13.1. The lowest BCUT2D eigenvalue weighted by Gasteiger charge is -2.14. The molecule has 1 amide bonds. The van der Waals surface area contributed by atoms with E-state index >= 15 is 0 Å². The van der Waals surface area contributed by atoms with Crippen LogP contribution in [0.15, 0.2) is 42.5 Å². The molecule has 0 fully saturated rings. The Bertz CT molecular complexity index is 699. The second-order valence-corrected chi connectivity index (χ2v) is 5.58. The lowest BCUT2D eigenvalue weighted by Crippen LogP contribution is -2.29. The molecule has 0 radical (unpaired) electrons. The minimum absolute atomic E-state index is 0.0615. The van der Waals surface area contributed by atoms with Crippen LogP contribution in [0.3, 0.4) is 0 Å². The summed E-state index contributed by atoms with van der Waals surface area (Å²) >= 11 is 0. The first kappa shape index (κ1) is 14.7. The van der Waals surface area contributed by atoms with Crippen LogP contribution in [0.5, 0.6) is 0 Å². The van der Waals surface area contributed by atoms with Gasteiger partial charge in [0.2, 0.25) is 0 Å². The first-order chi connectivity index (χ1) is 10.6. The number of hydrogen-bond donors (Lipinski definition) is 2. The van der Waals surface area contributed by atoms with Crippen LogP contribution in [0, 0.1) is 5.82 Å². The summed E-state index contributed by atoms with van der Waals surface area (Å²) in [6.07, 6.45) is 2.09. The van der Waals surface area contributed by atoms with Crippen molar-refractivity contribution in [3.63, 3.8) is 0 Å². The highest BCUT2D eigenvalue weighted by molar-refractivity contribution is 5.96. The van der Waals surface area contributed by atoms with Crippen LogP contribution in [-0.2, 0) is 12.8 Å². The Balaban J connectivity index is 1.67. The van der Waals surface area contributed by atoms with Gasteiger partial charge in [-0.1, -0.05) is 24.3 Å². The second kappa shape index (κ2) is 6.28. The van der Waals surface area contributed by atoms with Crippen molar-refractivity contribution >= 4 is 5.91 Å². The fraction of sp³-hybridized carbons (Fsp3) is 0.278. The number of nitrogens with one attached hydrogen (secondary N) is 1. The van der Waals surface area contributed by atoms with Gasteiger partial charge in [0, 0.05) is 12.1 Å². The van der Waals surface area contributed by atoms with E-state index in [1.807, 2.05) is 12.1 Å². The molecule has 0 heterocycles. The molecular formula is C18H18FNO2. The normalized spacial score (nSPS) is 14.5. The van der Waals surface area contributed by atoms with Gasteiger partial charge in [-0.05, 0) is 54.2 Å². The average molecular weight is 299 g/mol. The molecule has 0 aliphatic heterocycles. The molecule has 114 valence electrons. The van der Waals surface area contributed by atoms with E-state index in [1.165, 1.54) is 17.7 Å². The van der Waals surface area contributed by atoms with Gasteiger partial charge < -0.3 is 10.4 Å². The number of amides is 1. The number of carbonyl (C=O) groups is 1. The lowest BCUT2D eigenvalue weighted by atomic mass is 10.0. The molecular weight excluding hydrogens is 281 g/mol. The van der Waals surface area contributed by atoms with Gasteiger partial charge in [-0.3, -0.25) is 4.79 Å². The number of hydrogen-bond acceptors (Lipinski definition) is 2. The van der Waals surface area contributed by atoms with E-state index in [0.29, 0.717) is 11.1 Å². The Labute approximate surface area is 128 Å². The van der Waals surface area contributed by atoms with Crippen LogP contribution in [-0.4, -0.2) is 17.6 Å². The Morgan fingerprint density at radius 2 is 2.05 bits per heavy atom. The summed E-state index contributed by atoms with van der Waals surface area (Å²) < 4.78 is 13.1. The van der Waals surface area contributed by atoms with E-state index in [2.05, 4.69) is 11.4 Å². The first-order valence-electron chi connectivity index (χ1n) is 7.47. The summed E-state index contributed by atoms with van der Waals surface area (Å²) in [6.45, 7) is 0.0615. The van der Waals surface area contributed by atoms with Crippen molar-refractivity contribution in [3.8, 4) is 0 Å². The SMILES string of the molecule is O=C(NC[C@H](O)c1cccc(F)c1)c1cccc2c1CCC2. The van der Waals surface area contributed by atoms with Crippen LogP contribution in [0.4, 0.5) is 4.39 Å². The Kier molecular flexibility index (Phi) is 4.20. The van der Waals surface area contributed by atoms with Crippen LogP contribution >= 0.6 is 0 Å². The summed E-state index contributed by atoms with van der Waals surface area (Å²) in [6, 6.07) is 11.5. The molecule has 1 aliphatic rings. The van der Waals surface area contributed by atoms with E-state index in [9.17, 15) is 14.3 Å². The fourth-order valence-electron chi connectivity index (χ4n) is 2.95. The molecule has 2 aromatic carbocycles. The van der Waals surface area contributed by atoms with Gasteiger partial charge in [0.1, 0.15) is 5.82 Å². The fourth-order valence-corrected chi connectivity index (χ4v) is 2.95. The standard InChI is InChI=1S/C18H18FNO2/c19-14-7-1-6-13(10-14)17(21)11-20-18(22)16-9-3-5-12-4-2-8-15(12)16/h1,3,5-7,9-10,17,21H,2,4,8,11H2,(H,20,22)/t17-/m0/s1. The minimum Gasteiger partial charge on any atom is -0.387 e. The van der Waals surface area contributed by atoms with E-state index in [1.54, 1.807) is 12.1 Å². The highest BCUT2D eigenvalue weighted by Gasteiger charge is 2.19. The summed E-state index contributed by atoms with van der Waals surface area (Å²) in [7, 11) is 0. The number of rotatable bonds is 4. The van der Waals surface area contributed by atoms with Crippen molar-refractivity contribution in [1.82, 2.24) is 5.32 Å². The Hall–Kier alpha value is -2.20. The zero-order chi connectivity index (χ0) is 15.5. The van der Waals surface area contributed by atoms with Gasteiger partial charge in [0.15, 0.2) is 0 Å². The van der Waals surface area contributed by atoms with E-state index in [0.717, 1.165) is 24.8 Å². The summed E-state index contributed by atoms with van der Waals surface area (Å²) in [5.41, 5.74) is 3.48. The Morgan fingerprint density at radius 3 is 2.86 bits per heavy atom. The van der Waals surface area contributed by atoms with Crippen LogP contribution in [0.2, 0.25) is 0 Å². The van der Waals surface area contributed by atoms with Gasteiger partial charge in [-0.2, -0.15) is 0 Å². The largest absolute Gasteiger partial charge is 0.387 e. The predicted octanol–water partition coefficient (Wildman–Crippen LogP) is 2.78. The maximum absolute atomic E-state index is 13.1. The van der Waals surface area contributed by atoms with Crippen LogP contribution < -0.4 is 5.32 Å². The van der Waals surface area contributed by atoms with Gasteiger partial charge in [0.25, 0.3) is 5.91 Å². The van der Waals surface area contributed by atoms with Crippen molar-refractivity contribution in [2.45, 2.75) is 25.4 Å². The molecule has 0 bridgehead atoms. The van der Waals surface area contributed by atoms with Crippen molar-refractivity contribution < 1.29 is 14.3 Å². The van der Waals surface area contributed by atoms with E-state index in [4.69, 9.17) is 0 Å². The number of aliphatic hydroxyl groups excluding tert-OH is 1. The predicted molar refractivity (Wildman–Crippen MR) is 82.2 cm³/mol. The summed E-state index contributed by atoms with van der Waals surface area (Å²) in [4.78, 5) is 12.3. The molecule has 3 nitrogen and oxygen atoms in total. The second-order valence-electron chi connectivity index (χ2n) is 5.58. The van der Waals surface area contributed by atoms with Crippen molar-refractivity contribution in [3.05, 3.63) is 70.5 Å². The zero-order valence-corrected chi connectivity index (χ0v) is 12.2. The molecule has 0 unspecified atom stereocenters. The van der Waals surface area contributed by atoms with Crippen LogP contribution in [0.1, 0.15) is 39.6 Å². The lowest BCUT2D eigenvalue weighted by molar-refractivity contribution is 0.0915. The van der Waals surface area contributed by atoms with Crippen molar-refractivity contribution in [2.75, 3.05) is 6.54 Å². The number of carbonyl (C=O) groups excluding carboxylic acids is 1. The Morgan fingerprint density at radius 1 is 1.23 bits per heavy atom. The number of aliphatic hydroxyl groups is 1. The highest BCUT2D eigenvalue weighted by atomic mass is 19.1. The topological polar surface area (TPSA) is 49.3 Å². The maximum Gasteiger partial charge on any atom is 0.251 e. The van der Waals surface area contributed by atoms with Crippen LogP contribution in [0.25, 0.3) is 0 Å². The van der Waals surface area contributed by atoms with Crippen molar-refractivity contribution in [1.29, 1.82) is 0 Å². The molecule has 0 saturated heterocycles. The average Bonchev–Trinajstić information content (AvgIpc) is 3.00. The highest BCUT2D eigenvalue weighted by Crippen LogP contribution is 2.25. The van der Waals surface area contributed by atoms with Gasteiger partial charge >= 0.3 is 0 Å².